The molecule has 0 radical (unpaired) electrons. The minimum absolute atomic E-state index is 0.0607. The highest BCUT2D eigenvalue weighted by Gasteiger charge is 2.50. The zero-order chi connectivity index (χ0) is 36.9. The first-order valence-corrected chi connectivity index (χ1v) is 20.1. The Morgan fingerprint density at radius 3 is 1.30 bits per heavy atom. The van der Waals surface area contributed by atoms with E-state index in [4.69, 9.17) is 23.2 Å². The summed E-state index contributed by atoms with van der Waals surface area (Å²) in [5, 5.41) is 5.42. The van der Waals surface area contributed by atoms with Crippen LogP contribution in [0.25, 0.3) is 0 Å². The highest BCUT2D eigenvalue weighted by molar-refractivity contribution is 7.90. The van der Waals surface area contributed by atoms with E-state index in [2.05, 4.69) is 62.2 Å². The lowest BCUT2D eigenvalue weighted by Gasteiger charge is -2.40. The topological polar surface area (TPSA) is 175 Å². The number of sulfonamides is 2. The number of amidine groups is 2. The summed E-state index contributed by atoms with van der Waals surface area (Å²) < 4.78 is 53.4. The van der Waals surface area contributed by atoms with Gasteiger partial charge in [-0.2, -0.15) is 0 Å². The van der Waals surface area contributed by atoms with Crippen LogP contribution < -0.4 is 20.1 Å². The predicted molar refractivity (Wildman–Crippen MR) is 195 cm³/mol. The molecule has 4 unspecified atom stereocenters. The summed E-state index contributed by atoms with van der Waals surface area (Å²) in [7, 11) is -8.09. The van der Waals surface area contributed by atoms with Crippen LogP contribution >= 0.6 is 23.2 Å². The lowest BCUT2D eigenvalue weighted by atomic mass is 9.64. The Kier molecular flexibility index (Phi) is 10.2. The molecule has 0 aromatic heterocycles. The van der Waals surface area contributed by atoms with Gasteiger partial charge in [0.15, 0.2) is 0 Å². The minimum Gasteiger partial charge on any atom is -0.295 e. The Balaban J connectivity index is 0.000000194. The first-order chi connectivity index (χ1) is 23.0. The zero-order valence-electron chi connectivity index (χ0n) is 28.9. The molecule has 2 aliphatic carbocycles. The van der Waals surface area contributed by atoms with Crippen molar-refractivity contribution in [3.63, 3.8) is 0 Å². The predicted octanol–water partition coefficient (Wildman–Crippen LogP) is 6.65. The van der Waals surface area contributed by atoms with Crippen molar-refractivity contribution in [2.75, 3.05) is 0 Å². The third-order valence-corrected chi connectivity index (χ3v) is 13.3. The van der Waals surface area contributed by atoms with Crippen LogP contribution in [0.3, 0.4) is 0 Å². The summed E-state index contributed by atoms with van der Waals surface area (Å²) in [6.07, 6.45) is 5.48. The van der Waals surface area contributed by atoms with E-state index in [9.17, 15) is 26.4 Å². The number of amides is 4. The molecule has 4 N–H and O–H groups in total. The molecular weight excluding hydrogens is 723 g/mol. The van der Waals surface area contributed by atoms with Crippen LogP contribution in [-0.4, -0.2) is 52.7 Å². The van der Waals surface area contributed by atoms with Crippen LogP contribution in [0.2, 0.25) is 10.0 Å². The third-order valence-electron chi connectivity index (χ3n) is 9.62. The van der Waals surface area contributed by atoms with Gasteiger partial charge in [0.25, 0.3) is 20.0 Å². The van der Waals surface area contributed by atoms with Crippen molar-refractivity contribution in [3.05, 3.63) is 58.6 Å². The molecule has 2 saturated carbocycles. The van der Waals surface area contributed by atoms with E-state index in [1.54, 1.807) is 24.3 Å². The molecule has 4 bridgehead atoms. The fourth-order valence-electron chi connectivity index (χ4n) is 8.39. The van der Waals surface area contributed by atoms with Gasteiger partial charge in [-0.25, -0.2) is 35.9 Å². The smallest absolute Gasteiger partial charge is 0.295 e. The Labute approximate surface area is 304 Å². The van der Waals surface area contributed by atoms with Crippen LogP contribution in [0.1, 0.15) is 80.1 Å². The number of carbonyl (C=O) groups excluding carboxylic acids is 2. The Morgan fingerprint density at radius 1 is 0.620 bits per heavy atom. The normalized spacial score (nSPS) is 27.5. The second-order valence-electron chi connectivity index (χ2n) is 15.9. The number of nitrogens with one attached hydrogen (secondary N) is 4. The van der Waals surface area contributed by atoms with Crippen LogP contribution in [0.15, 0.2) is 68.3 Å². The number of carbonyl (C=O) groups is 2. The van der Waals surface area contributed by atoms with Crippen LogP contribution in [-0.2, 0) is 20.0 Å². The second kappa shape index (κ2) is 13.4. The number of urea groups is 2. The molecule has 16 heteroatoms. The van der Waals surface area contributed by atoms with Crippen molar-refractivity contribution in [2.24, 2.45) is 31.6 Å². The lowest BCUT2D eigenvalue weighted by Crippen LogP contribution is -2.48. The quantitative estimate of drug-likeness (QED) is 0.271. The van der Waals surface area contributed by atoms with Gasteiger partial charge in [0.2, 0.25) is 0 Å². The monoisotopic (exact) mass is 766 g/mol. The van der Waals surface area contributed by atoms with Crippen LogP contribution in [0.4, 0.5) is 9.59 Å². The average molecular weight is 768 g/mol. The van der Waals surface area contributed by atoms with Gasteiger partial charge in [-0.15, -0.1) is 0 Å². The van der Waals surface area contributed by atoms with Crippen molar-refractivity contribution in [1.29, 1.82) is 0 Å². The van der Waals surface area contributed by atoms with Gasteiger partial charge >= 0.3 is 12.1 Å². The highest BCUT2D eigenvalue weighted by atomic mass is 35.5. The number of rotatable bonds is 4. The number of aliphatic imine (C=N–C) groups is 2. The van der Waals surface area contributed by atoms with Crippen molar-refractivity contribution >= 4 is 67.0 Å². The molecule has 4 amide bonds. The SMILES string of the molecule is CC1(C)CC2CC(C)(C1)C(NC(=O)NS(=O)(=O)c1ccccc1Cl)=N2.CC1(C)CC2CC(C)(C1)C(NC(=O)NS(=O)(=O)c1ccccc1Cl)=N2. The molecule has 50 heavy (non-hydrogen) atoms. The van der Waals surface area contributed by atoms with E-state index in [0.29, 0.717) is 11.7 Å². The molecule has 2 heterocycles. The van der Waals surface area contributed by atoms with Gasteiger partial charge in [-0.05, 0) is 73.6 Å². The molecule has 2 aromatic carbocycles. The number of nitrogens with zero attached hydrogens (tertiary/aromatic N) is 2. The fourth-order valence-corrected chi connectivity index (χ4v) is 11.2. The third kappa shape index (κ3) is 8.46. The van der Waals surface area contributed by atoms with Crippen LogP contribution in [0.5, 0.6) is 0 Å². The van der Waals surface area contributed by atoms with Gasteiger partial charge < -0.3 is 0 Å². The fraction of sp³-hybridized carbons (Fsp3) is 0.529. The molecular formula is C34H44Cl2N6O6S2. The maximum Gasteiger partial charge on any atom is 0.334 e. The summed E-state index contributed by atoms with van der Waals surface area (Å²) >= 11 is 11.8. The zero-order valence-corrected chi connectivity index (χ0v) is 32.1. The summed E-state index contributed by atoms with van der Waals surface area (Å²) in [6, 6.07) is 10.7. The van der Waals surface area contributed by atoms with Gasteiger partial charge in [-0.3, -0.25) is 20.6 Å². The average Bonchev–Trinajstić information content (AvgIpc) is 3.32. The molecule has 6 rings (SSSR count). The van der Waals surface area contributed by atoms with Gasteiger partial charge in [0, 0.05) is 10.8 Å². The first-order valence-electron chi connectivity index (χ1n) is 16.3. The summed E-state index contributed by atoms with van der Waals surface area (Å²) in [6.45, 7) is 12.9. The molecule has 2 aliphatic heterocycles. The molecule has 0 spiro atoms. The molecule has 12 nitrogen and oxygen atoms in total. The number of hydrogen-bond donors (Lipinski definition) is 4. The molecule has 272 valence electrons. The van der Waals surface area contributed by atoms with E-state index in [1.807, 2.05) is 9.44 Å². The molecule has 0 saturated heterocycles. The van der Waals surface area contributed by atoms with Crippen molar-refractivity contribution in [1.82, 2.24) is 20.1 Å². The first kappa shape index (κ1) is 38.0. The van der Waals surface area contributed by atoms with Gasteiger partial charge in [0.1, 0.15) is 21.5 Å². The van der Waals surface area contributed by atoms with Crippen molar-refractivity contribution in [3.8, 4) is 0 Å². The van der Waals surface area contributed by atoms with Crippen LogP contribution in [0, 0.1) is 21.7 Å². The van der Waals surface area contributed by atoms with E-state index >= 15 is 0 Å². The highest BCUT2D eigenvalue weighted by Crippen LogP contribution is 2.52. The van der Waals surface area contributed by atoms with E-state index in [-0.39, 0.29) is 53.6 Å². The minimum atomic E-state index is -4.05. The number of hydrogen-bond acceptors (Lipinski definition) is 8. The number of halogens is 2. The maximum absolute atomic E-state index is 12.4. The van der Waals surface area contributed by atoms with Crippen molar-refractivity contribution in [2.45, 2.75) is 102 Å². The molecule has 2 aromatic rings. The molecule has 2 fully saturated rings. The molecule has 4 atom stereocenters. The Hall–Kier alpha value is -3.20. The Morgan fingerprint density at radius 2 is 0.960 bits per heavy atom. The summed E-state index contributed by atoms with van der Waals surface area (Å²) in [5.74, 6) is 1.13. The standard InChI is InChI=1S/2C17H22ClN3O3S/c2*1-16(2)8-11-9-17(3,10-16)14(19-11)20-15(22)21-25(23,24)13-7-5-4-6-12(13)18/h2*4-7,11H,8-10H2,1-3H3,(H2,19,20,21,22). The summed E-state index contributed by atoms with van der Waals surface area (Å²) in [4.78, 5) is 33.5. The number of fused-ring (bicyclic) bond motifs is 4. The van der Waals surface area contributed by atoms with E-state index in [0.717, 1.165) is 38.5 Å². The summed E-state index contributed by atoms with van der Waals surface area (Å²) in [5.41, 5.74) is -0.189. The second-order valence-corrected chi connectivity index (χ2v) is 20.0. The molecule has 4 aliphatic rings. The van der Waals surface area contributed by atoms with E-state index in [1.165, 1.54) is 24.3 Å². The van der Waals surface area contributed by atoms with Gasteiger partial charge in [0.05, 0.1) is 22.1 Å². The lowest BCUT2D eigenvalue weighted by molar-refractivity contribution is 0.151. The van der Waals surface area contributed by atoms with Crippen molar-refractivity contribution < 1.29 is 26.4 Å². The Bertz CT molecular complexity index is 1840. The maximum atomic E-state index is 12.4. The largest absolute Gasteiger partial charge is 0.334 e. The van der Waals surface area contributed by atoms with Gasteiger partial charge in [-0.1, -0.05) is 89.0 Å². The van der Waals surface area contributed by atoms with E-state index < -0.39 is 32.1 Å². The number of benzene rings is 2.